The Morgan fingerprint density at radius 1 is 1.37 bits per heavy atom. The first-order chi connectivity index (χ1) is 9.16. The van der Waals surface area contributed by atoms with Crippen molar-refractivity contribution in [3.63, 3.8) is 0 Å². The van der Waals surface area contributed by atoms with Crippen LogP contribution in [-0.4, -0.2) is 26.2 Å². The van der Waals surface area contributed by atoms with Gasteiger partial charge in [-0.2, -0.15) is 0 Å². The summed E-state index contributed by atoms with van der Waals surface area (Å²) in [6.07, 6.45) is 0.110. The molecule has 0 aliphatic carbocycles. The van der Waals surface area contributed by atoms with Gasteiger partial charge in [0.25, 0.3) is 6.43 Å². The molecule has 0 bridgehead atoms. The normalized spacial score (nSPS) is 16.0. The van der Waals surface area contributed by atoms with Crippen LogP contribution in [0.25, 0.3) is 0 Å². The van der Waals surface area contributed by atoms with Crippen molar-refractivity contribution in [2.75, 3.05) is 19.8 Å². The smallest absolute Gasteiger partial charge is 0.261 e. The average molecular weight is 291 g/mol. The number of aryl methyl sites for hydroxylation is 1. The van der Waals surface area contributed by atoms with Crippen molar-refractivity contribution in [2.24, 2.45) is 0 Å². The summed E-state index contributed by atoms with van der Waals surface area (Å²) in [6.45, 7) is 0.478. The topological polar surface area (TPSA) is 18.5 Å². The van der Waals surface area contributed by atoms with Gasteiger partial charge < -0.3 is 9.47 Å². The van der Waals surface area contributed by atoms with Gasteiger partial charge in [0.05, 0.1) is 12.0 Å². The van der Waals surface area contributed by atoms with E-state index in [4.69, 9.17) is 21.1 Å². The molecular formula is C14H17ClF2O2. The monoisotopic (exact) mass is 290 g/mol. The SMILES string of the molecule is FC(F)COCCC(Cl)c1ccc2c(c1)CCCO2. The number of benzene rings is 1. The van der Waals surface area contributed by atoms with Crippen molar-refractivity contribution < 1.29 is 18.3 Å². The Balaban J connectivity index is 1.86. The van der Waals surface area contributed by atoms with E-state index in [1.807, 2.05) is 18.2 Å². The number of alkyl halides is 3. The molecule has 0 aromatic heterocycles. The summed E-state index contributed by atoms with van der Waals surface area (Å²) in [5, 5.41) is -0.218. The summed E-state index contributed by atoms with van der Waals surface area (Å²) >= 11 is 6.26. The average Bonchev–Trinajstić information content (AvgIpc) is 2.42. The standard InChI is InChI=1S/C14H17ClF2O2/c15-12(5-7-18-9-14(16)17)10-3-4-13-11(8-10)2-1-6-19-13/h3-4,8,12,14H,1-2,5-7,9H2. The second kappa shape index (κ2) is 7.06. The predicted octanol–water partition coefficient (Wildman–Crippen LogP) is 3.96. The van der Waals surface area contributed by atoms with Crippen LogP contribution >= 0.6 is 11.6 Å². The second-order valence-corrected chi connectivity index (χ2v) is 5.07. The van der Waals surface area contributed by atoms with Gasteiger partial charge >= 0.3 is 0 Å². The molecule has 1 heterocycles. The fourth-order valence-electron chi connectivity index (χ4n) is 2.10. The van der Waals surface area contributed by atoms with Crippen molar-refractivity contribution in [3.05, 3.63) is 29.3 Å². The molecule has 0 fully saturated rings. The van der Waals surface area contributed by atoms with Gasteiger partial charge in [-0.1, -0.05) is 12.1 Å². The lowest BCUT2D eigenvalue weighted by molar-refractivity contribution is 0.0165. The first-order valence-electron chi connectivity index (χ1n) is 6.42. The summed E-state index contributed by atoms with van der Waals surface area (Å²) in [4.78, 5) is 0. The highest BCUT2D eigenvalue weighted by Gasteiger charge is 2.14. The van der Waals surface area contributed by atoms with Gasteiger partial charge in [0.15, 0.2) is 0 Å². The summed E-state index contributed by atoms with van der Waals surface area (Å²) in [5.41, 5.74) is 2.16. The lowest BCUT2D eigenvalue weighted by atomic mass is 10.0. The molecule has 0 N–H and O–H groups in total. The van der Waals surface area contributed by atoms with Crippen molar-refractivity contribution in [1.82, 2.24) is 0 Å². The summed E-state index contributed by atoms with van der Waals surface area (Å²) in [6, 6.07) is 5.90. The molecule has 1 aromatic rings. The molecule has 0 spiro atoms. The van der Waals surface area contributed by atoms with E-state index in [2.05, 4.69) is 0 Å². The van der Waals surface area contributed by atoms with Crippen LogP contribution < -0.4 is 4.74 Å². The highest BCUT2D eigenvalue weighted by atomic mass is 35.5. The maximum Gasteiger partial charge on any atom is 0.261 e. The van der Waals surface area contributed by atoms with E-state index in [0.717, 1.165) is 30.8 Å². The molecule has 1 atom stereocenters. The van der Waals surface area contributed by atoms with Crippen LogP contribution in [0.1, 0.15) is 29.3 Å². The highest BCUT2D eigenvalue weighted by Crippen LogP contribution is 2.31. The Kier molecular flexibility index (Phi) is 5.40. The number of hydrogen-bond acceptors (Lipinski definition) is 2. The van der Waals surface area contributed by atoms with Gasteiger partial charge in [-0.3, -0.25) is 0 Å². The molecule has 0 radical (unpaired) electrons. The minimum Gasteiger partial charge on any atom is -0.493 e. The van der Waals surface area contributed by atoms with Crippen LogP contribution in [0.5, 0.6) is 5.75 Å². The van der Waals surface area contributed by atoms with Gasteiger partial charge in [0, 0.05) is 6.61 Å². The summed E-state index contributed by atoms with van der Waals surface area (Å²) < 4.78 is 34.2. The van der Waals surface area contributed by atoms with Crippen LogP contribution in [0.3, 0.4) is 0 Å². The fraction of sp³-hybridized carbons (Fsp3) is 0.571. The number of ether oxygens (including phenoxy) is 2. The van der Waals surface area contributed by atoms with Crippen molar-refractivity contribution >= 4 is 11.6 Å². The van der Waals surface area contributed by atoms with Crippen LogP contribution in [0.4, 0.5) is 8.78 Å². The molecule has 1 aliphatic rings. The van der Waals surface area contributed by atoms with Crippen LogP contribution in [0, 0.1) is 0 Å². The highest BCUT2D eigenvalue weighted by molar-refractivity contribution is 6.20. The quantitative estimate of drug-likeness (QED) is 0.583. The van der Waals surface area contributed by atoms with E-state index in [0.29, 0.717) is 6.42 Å². The second-order valence-electron chi connectivity index (χ2n) is 4.54. The summed E-state index contributed by atoms with van der Waals surface area (Å²) in [5.74, 6) is 0.924. The third kappa shape index (κ3) is 4.32. The molecule has 0 saturated carbocycles. The van der Waals surface area contributed by atoms with Gasteiger partial charge in [-0.25, -0.2) is 8.78 Å². The van der Waals surface area contributed by atoms with E-state index < -0.39 is 13.0 Å². The van der Waals surface area contributed by atoms with E-state index in [1.165, 1.54) is 5.56 Å². The van der Waals surface area contributed by atoms with Crippen molar-refractivity contribution in [2.45, 2.75) is 31.1 Å². The van der Waals surface area contributed by atoms with E-state index >= 15 is 0 Å². The van der Waals surface area contributed by atoms with Crippen molar-refractivity contribution in [3.8, 4) is 5.75 Å². The van der Waals surface area contributed by atoms with Gasteiger partial charge in [0.1, 0.15) is 12.4 Å². The van der Waals surface area contributed by atoms with E-state index in [9.17, 15) is 8.78 Å². The molecule has 0 saturated heterocycles. The summed E-state index contributed by atoms with van der Waals surface area (Å²) in [7, 11) is 0. The molecule has 0 amide bonds. The van der Waals surface area contributed by atoms with E-state index in [-0.39, 0.29) is 12.0 Å². The lowest BCUT2D eigenvalue weighted by Gasteiger charge is -2.19. The predicted molar refractivity (Wildman–Crippen MR) is 70.3 cm³/mol. The zero-order valence-electron chi connectivity index (χ0n) is 10.6. The molecule has 106 valence electrons. The molecular weight excluding hydrogens is 274 g/mol. The Labute approximate surface area is 116 Å². The fourth-order valence-corrected chi connectivity index (χ4v) is 2.33. The molecule has 2 nitrogen and oxygen atoms in total. The van der Waals surface area contributed by atoms with Crippen LogP contribution in [0.15, 0.2) is 18.2 Å². The zero-order chi connectivity index (χ0) is 13.7. The Hall–Kier alpha value is -0.870. The number of fused-ring (bicyclic) bond motifs is 1. The minimum atomic E-state index is -2.42. The Morgan fingerprint density at radius 2 is 2.21 bits per heavy atom. The molecule has 1 unspecified atom stereocenters. The Bertz CT molecular complexity index is 412. The first-order valence-corrected chi connectivity index (χ1v) is 6.86. The maximum absolute atomic E-state index is 11.9. The number of halogens is 3. The minimum absolute atomic E-state index is 0.218. The van der Waals surface area contributed by atoms with E-state index in [1.54, 1.807) is 0 Å². The molecule has 1 aliphatic heterocycles. The third-order valence-electron chi connectivity index (χ3n) is 3.05. The van der Waals surface area contributed by atoms with Crippen molar-refractivity contribution in [1.29, 1.82) is 0 Å². The molecule has 19 heavy (non-hydrogen) atoms. The third-order valence-corrected chi connectivity index (χ3v) is 3.52. The van der Waals surface area contributed by atoms with Crippen LogP contribution in [-0.2, 0) is 11.2 Å². The zero-order valence-corrected chi connectivity index (χ0v) is 11.3. The Morgan fingerprint density at radius 3 is 3.00 bits per heavy atom. The van der Waals surface area contributed by atoms with Gasteiger partial charge in [-0.05, 0) is 36.5 Å². The molecule has 2 rings (SSSR count). The van der Waals surface area contributed by atoms with Crippen LogP contribution in [0.2, 0.25) is 0 Å². The van der Waals surface area contributed by atoms with Gasteiger partial charge in [0.2, 0.25) is 0 Å². The number of hydrogen-bond donors (Lipinski definition) is 0. The maximum atomic E-state index is 11.9. The largest absolute Gasteiger partial charge is 0.493 e. The van der Waals surface area contributed by atoms with Gasteiger partial charge in [-0.15, -0.1) is 11.6 Å². The number of rotatable bonds is 6. The first kappa shape index (κ1) is 14.5. The lowest BCUT2D eigenvalue weighted by Crippen LogP contribution is -2.09. The molecule has 1 aromatic carbocycles. The molecule has 5 heteroatoms.